The first kappa shape index (κ1) is 22.5. The van der Waals surface area contributed by atoms with Crippen molar-refractivity contribution in [1.29, 1.82) is 0 Å². The highest BCUT2D eigenvalue weighted by atomic mass is 35.5. The van der Waals surface area contributed by atoms with Crippen molar-refractivity contribution in [3.05, 3.63) is 76.6 Å². The van der Waals surface area contributed by atoms with Crippen LogP contribution in [-0.4, -0.2) is 32.5 Å². The third-order valence-corrected chi connectivity index (χ3v) is 6.49. The molecule has 9 heteroatoms. The van der Waals surface area contributed by atoms with Gasteiger partial charge in [-0.3, -0.25) is 0 Å². The molecule has 3 aromatic carbocycles. The quantitative estimate of drug-likeness (QED) is 0.259. The molecule has 32 heavy (non-hydrogen) atoms. The summed E-state index contributed by atoms with van der Waals surface area (Å²) >= 11 is 7.79. The summed E-state index contributed by atoms with van der Waals surface area (Å²) in [5.41, 5.74) is 1.40. The Bertz CT molecular complexity index is 1180. The van der Waals surface area contributed by atoms with E-state index in [1.807, 2.05) is 31.3 Å². The molecule has 1 heterocycles. The largest absolute Gasteiger partial charge is 0.488 e. The first-order chi connectivity index (χ1) is 15.6. The molecule has 0 saturated carbocycles. The maximum Gasteiger partial charge on any atom is 0.209 e. The summed E-state index contributed by atoms with van der Waals surface area (Å²) in [5, 5.41) is 18.4. The lowest BCUT2D eigenvalue weighted by Gasteiger charge is -2.16. The van der Waals surface area contributed by atoms with E-state index in [0.717, 1.165) is 46.0 Å². The lowest BCUT2D eigenvalue weighted by Crippen LogP contribution is -2.16. The molecule has 0 radical (unpaired) electrons. The second kappa shape index (κ2) is 10.8. The van der Waals surface area contributed by atoms with Gasteiger partial charge in [0, 0.05) is 30.5 Å². The molecule has 1 aromatic heterocycles. The predicted molar refractivity (Wildman–Crippen MR) is 126 cm³/mol. The first-order valence-corrected chi connectivity index (χ1v) is 11.6. The molecule has 4 aromatic rings. The predicted octanol–water partition coefficient (Wildman–Crippen LogP) is 5.01. The number of rotatable bonds is 10. The van der Waals surface area contributed by atoms with Gasteiger partial charge < -0.3 is 10.1 Å². The Hall–Kier alpha value is -2.68. The summed E-state index contributed by atoms with van der Waals surface area (Å²) in [7, 11) is 1.83. The van der Waals surface area contributed by atoms with Gasteiger partial charge >= 0.3 is 0 Å². The molecule has 0 aliphatic rings. The molecule has 0 saturated heterocycles. The number of nitrogens with zero attached hydrogens (tertiary/aromatic N) is 4. The average Bonchev–Trinajstić information content (AvgIpc) is 3.21. The summed E-state index contributed by atoms with van der Waals surface area (Å²) in [6.45, 7) is 1.54. The fourth-order valence-electron chi connectivity index (χ4n) is 3.37. The van der Waals surface area contributed by atoms with Gasteiger partial charge in [0.25, 0.3) is 0 Å². The third-order valence-electron chi connectivity index (χ3n) is 5.04. The Morgan fingerprint density at radius 1 is 1.09 bits per heavy atom. The second-order valence-electron chi connectivity index (χ2n) is 7.22. The molecule has 0 bridgehead atoms. The van der Waals surface area contributed by atoms with Crippen LogP contribution in [0.5, 0.6) is 5.75 Å². The molecule has 0 spiro atoms. The second-order valence-corrected chi connectivity index (χ2v) is 8.69. The van der Waals surface area contributed by atoms with Crippen molar-refractivity contribution in [2.24, 2.45) is 7.05 Å². The number of aryl methyl sites for hydroxylation is 1. The average molecular weight is 472 g/mol. The first-order valence-electron chi connectivity index (χ1n) is 10.3. The van der Waals surface area contributed by atoms with Gasteiger partial charge in [-0.2, -0.15) is 0 Å². The third kappa shape index (κ3) is 5.38. The fraction of sp³-hybridized carbons (Fsp3) is 0.261. The Kier molecular flexibility index (Phi) is 7.57. The van der Waals surface area contributed by atoms with E-state index in [0.29, 0.717) is 17.1 Å². The van der Waals surface area contributed by atoms with Gasteiger partial charge in [0.1, 0.15) is 18.2 Å². The van der Waals surface area contributed by atoms with Gasteiger partial charge in [0.15, 0.2) is 0 Å². The highest BCUT2D eigenvalue weighted by Crippen LogP contribution is 2.30. The zero-order valence-corrected chi connectivity index (χ0v) is 19.2. The van der Waals surface area contributed by atoms with Crippen LogP contribution in [0.25, 0.3) is 10.8 Å². The van der Waals surface area contributed by atoms with Gasteiger partial charge in [-0.05, 0) is 52.4 Å². The summed E-state index contributed by atoms with van der Waals surface area (Å²) in [6, 6.07) is 16.8. The Balaban J connectivity index is 1.41. The number of ether oxygens (including phenoxy) is 1. The lowest BCUT2D eigenvalue weighted by atomic mass is 10.0. The highest BCUT2D eigenvalue weighted by molar-refractivity contribution is 7.99. The van der Waals surface area contributed by atoms with Crippen LogP contribution in [0.1, 0.15) is 17.5 Å². The van der Waals surface area contributed by atoms with Crippen molar-refractivity contribution >= 4 is 34.1 Å². The van der Waals surface area contributed by atoms with Gasteiger partial charge in [0.05, 0.1) is 5.02 Å². The van der Waals surface area contributed by atoms with Gasteiger partial charge in [0.2, 0.25) is 5.16 Å². The van der Waals surface area contributed by atoms with Crippen molar-refractivity contribution in [3.8, 4) is 5.75 Å². The summed E-state index contributed by atoms with van der Waals surface area (Å²) in [5.74, 6) is 1.26. The van der Waals surface area contributed by atoms with Crippen LogP contribution in [0.4, 0.5) is 4.39 Å². The van der Waals surface area contributed by atoms with Crippen molar-refractivity contribution in [1.82, 2.24) is 25.5 Å². The number of hydrogen-bond acceptors (Lipinski definition) is 6. The van der Waals surface area contributed by atoms with Crippen molar-refractivity contribution in [2.75, 3.05) is 12.3 Å². The number of hydrogen-bond donors (Lipinski definition) is 1. The van der Waals surface area contributed by atoms with Crippen LogP contribution >= 0.6 is 23.4 Å². The Morgan fingerprint density at radius 2 is 1.97 bits per heavy atom. The summed E-state index contributed by atoms with van der Waals surface area (Å²) in [6.07, 6.45) is 0.962. The number of halogens is 2. The van der Waals surface area contributed by atoms with E-state index < -0.39 is 0 Å². The van der Waals surface area contributed by atoms with Crippen LogP contribution in [0.2, 0.25) is 5.02 Å². The SMILES string of the molecule is Cn1nnnc1SCCCNCc1c(OCc2c(F)cccc2Cl)ccc2ccccc12. The van der Waals surface area contributed by atoms with Crippen LogP contribution in [-0.2, 0) is 20.2 Å². The summed E-state index contributed by atoms with van der Waals surface area (Å²) in [4.78, 5) is 0. The standard InChI is InChI=1S/C23H23ClFN5OS/c1-30-23(27-28-29-30)32-13-5-12-26-14-18-17-7-3-2-6-16(17)10-11-22(18)31-15-19-20(24)8-4-9-21(19)25/h2-4,6-11,26H,5,12-15H2,1H3. The minimum absolute atomic E-state index is 0.0687. The summed E-state index contributed by atoms with van der Waals surface area (Å²) < 4.78 is 21.9. The van der Waals surface area contributed by atoms with Crippen LogP contribution in [0.3, 0.4) is 0 Å². The minimum Gasteiger partial charge on any atom is -0.488 e. The maximum atomic E-state index is 14.2. The van der Waals surface area contributed by atoms with Crippen molar-refractivity contribution < 1.29 is 9.13 Å². The maximum absolute atomic E-state index is 14.2. The highest BCUT2D eigenvalue weighted by Gasteiger charge is 2.12. The number of thioether (sulfide) groups is 1. The molecule has 166 valence electrons. The smallest absolute Gasteiger partial charge is 0.209 e. The number of nitrogens with one attached hydrogen (secondary N) is 1. The molecule has 0 unspecified atom stereocenters. The monoisotopic (exact) mass is 471 g/mol. The molecular weight excluding hydrogens is 449 g/mol. The van der Waals surface area contributed by atoms with E-state index in [9.17, 15) is 4.39 Å². The van der Waals surface area contributed by atoms with Crippen LogP contribution in [0.15, 0.2) is 59.8 Å². The molecule has 6 nitrogen and oxygen atoms in total. The molecule has 0 atom stereocenters. The minimum atomic E-state index is -0.367. The normalized spacial score (nSPS) is 11.2. The van der Waals surface area contributed by atoms with Crippen LogP contribution < -0.4 is 10.1 Å². The molecular formula is C23H23ClFN5OS. The van der Waals surface area contributed by atoms with E-state index in [1.54, 1.807) is 28.6 Å². The molecule has 0 fully saturated rings. The zero-order chi connectivity index (χ0) is 22.3. The Morgan fingerprint density at radius 3 is 2.78 bits per heavy atom. The lowest BCUT2D eigenvalue weighted by molar-refractivity contribution is 0.296. The van der Waals surface area contributed by atoms with E-state index in [4.69, 9.17) is 16.3 Å². The molecule has 4 rings (SSSR count). The van der Waals surface area contributed by atoms with E-state index in [2.05, 4.69) is 33.0 Å². The zero-order valence-electron chi connectivity index (χ0n) is 17.6. The fourth-order valence-corrected chi connectivity index (χ4v) is 4.38. The van der Waals surface area contributed by atoms with Gasteiger partial charge in [-0.15, -0.1) is 5.10 Å². The number of benzene rings is 3. The molecule has 0 aliphatic heterocycles. The topological polar surface area (TPSA) is 64.9 Å². The number of fused-ring (bicyclic) bond motifs is 1. The van der Waals surface area contributed by atoms with Crippen molar-refractivity contribution in [3.63, 3.8) is 0 Å². The molecule has 0 aliphatic carbocycles. The van der Waals surface area contributed by atoms with E-state index in [-0.39, 0.29) is 12.4 Å². The number of tetrazole rings is 1. The van der Waals surface area contributed by atoms with Crippen LogP contribution in [0, 0.1) is 5.82 Å². The van der Waals surface area contributed by atoms with Gasteiger partial charge in [-0.1, -0.05) is 59.8 Å². The molecule has 0 amide bonds. The molecule has 1 N–H and O–H groups in total. The Labute approximate surface area is 195 Å². The van der Waals surface area contributed by atoms with E-state index in [1.165, 1.54) is 6.07 Å². The van der Waals surface area contributed by atoms with Gasteiger partial charge in [-0.25, -0.2) is 9.07 Å². The van der Waals surface area contributed by atoms with E-state index >= 15 is 0 Å². The van der Waals surface area contributed by atoms with Crippen molar-refractivity contribution in [2.45, 2.75) is 24.7 Å². The number of aromatic nitrogens is 4.